The number of hydrogen-bond donors (Lipinski definition) is 2. The zero-order valence-electron chi connectivity index (χ0n) is 8.53. The van der Waals surface area contributed by atoms with Crippen molar-refractivity contribution in [2.24, 2.45) is 5.84 Å². The number of hydrogen-bond acceptors (Lipinski definition) is 4. The van der Waals surface area contributed by atoms with Gasteiger partial charge < -0.3 is 4.74 Å². The Morgan fingerprint density at radius 2 is 2.27 bits per heavy atom. The van der Waals surface area contributed by atoms with Gasteiger partial charge in [-0.3, -0.25) is 10.2 Å². The number of nitrogens with two attached hydrogens (primary N) is 1. The number of thioether (sulfide) groups is 1. The van der Waals surface area contributed by atoms with Crippen molar-refractivity contribution in [1.82, 2.24) is 5.43 Å². The molecule has 15 heavy (non-hydrogen) atoms. The van der Waals surface area contributed by atoms with Crippen LogP contribution in [0.25, 0.3) is 0 Å². The molecule has 1 rings (SSSR count). The van der Waals surface area contributed by atoms with Gasteiger partial charge in [-0.1, -0.05) is 12.1 Å². The highest BCUT2D eigenvalue weighted by Gasteiger charge is 2.09. The molecule has 0 aliphatic carbocycles. The molecule has 0 saturated heterocycles. The lowest BCUT2D eigenvalue weighted by Crippen LogP contribution is -2.30. The quantitative estimate of drug-likeness (QED) is 0.341. The predicted octanol–water partition coefficient (Wildman–Crippen LogP) is 1.03. The molecule has 0 saturated carbocycles. The summed E-state index contributed by atoms with van der Waals surface area (Å²) in [6.45, 7) is 0.579. The van der Waals surface area contributed by atoms with Crippen molar-refractivity contribution >= 4 is 17.7 Å². The van der Waals surface area contributed by atoms with Crippen LogP contribution in [-0.2, 0) is 0 Å². The molecule has 0 aliphatic rings. The van der Waals surface area contributed by atoms with Crippen LogP contribution in [0, 0.1) is 0 Å². The van der Waals surface area contributed by atoms with Crippen LogP contribution in [0.15, 0.2) is 24.3 Å². The SMILES string of the molecule is CSCCOc1ccccc1C(=O)NN. The summed E-state index contributed by atoms with van der Waals surface area (Å²) in [5, 5.41) is 0. The van der Waals surface area contributed by atoms with Gasteiger partial charge in [0.2, 0.25) is 0 Å². The number of rotatable bonds is 5. The number of nitrogen functional groups attached to an aromatic ring is 1. The Kier molecular flexibility index (Phi) is 5.00. The fourth-order valence-electron chi connectivity index (χ4n) is 1.09. The number of benzene rings is 1. The zero-order valence-corrected chi connectivity index (χ0v) is 9.34. The average Bonchev–Trinajstić information content (AvgIpc) is 2.29. The monoisotopic (exact) mass is 226 g/mol. The van der Waals surface area contributed by atoms with E-state index in [1.165, 1.54) is 0 Å². The predicted molar refractivity (Wildman–Crippen MR) is 62.0 cm³/mol. The van der Waals surface area contributed by atoms with Crippen LogP contribution in [0.4, 0.5) is 0 Å². The molecule has 3 N–H and O–H groups in total. The van der Waals surface area contributed by atoms with Gasteiger partial charge in [-0.15, -0.1) is 0 Å². The summed E-state index contributed by atoms with van der Waals surface area (Å²) in [6, 6.07) is 7.02. The lowest BCUT2D eigenvalue weighted by atomic mass is 10.2. The van der Waals surface area contributed by atoms with Crippen molar-refractivity contribution < 1.29 is 9.53 Å². The molecule has 0 unspecified atom stereocenters. The highest BCUT2D eigenvalue weighted by atomic mass is 32.2. The van der Waals surface area contributed by atoms with Gasteiger partial charge in [0.15, 0.2) is 0 Å². The lowest BCUT2D eigenvalue weighted by molar-refractivity contribution is 0.0950. The number of para-hydroxylation sites is 1. The van der Waals surface area contributed by atoms with Crippen LogP contribution in [0.1, 0.15) is 10.4 Å². The van der Waals surface area contributed by atoms with Crippen LogP contribution >= 0.6 is 11.8 Å². The number of hydrazine groups is 1. The van der Waals surface area contributed by atoms with Gasteiger partial charge in [0.1, 0.15) is 5.75 Å². The Hall–Kier alpha value is -1.20. The Balaban J connectivity index is 2.73. The minimum Gasteiger partial charge on any atom is -0.492 e. The number of carbonyl (C=O) groups is 1. The topological polar surface area (TPSA) is 64.3 Å². The first kappa shape index (κ1) is 11.9. The van der Waals surface area contributed by atoms with Gasteiger partial charge in [0.05, 0.1) is 12.2 Å². The molecule has 4 nitrogen and oxygen atoms in total. The minimum absolute atomic E-state index is 0.338. The average molecular weight is 226 g/mol. The smallest absolute Gasteiger partial charge is 0.268 e. The Morgan fingerprint density at radius 1 is 1.53 bits per heavy atom. The van der Waals surface area contributed by atoms with Gasteiger partial charge in [-0.05, 0) is 18.4 Å². The molecule has 0 radical (unpaired) electrons. The number of ether oxygens (including phenoxy) is 1. The third-order valence-corrected chi connectivity index (χ3v) is 2.38. The Labute approximate surface area is 93.1 Å². The van der Waals surface area contributed by atoms with Crippen LogP contribution in [-0.4, -0.2) is 24.5 Å². The molecule has 1 aromatic rings. The molecule has 0 bridgehead atoms. The van der Waals surface area contributed by atoms with Gasteiger partial charge >= 0.3 is 0 Å². The fourth-order valence-corrected chi connectivity index (χ4v) is 1.34. The van der Waals surface area contributed by atoms with Crippen LogP contribution < -0.4 is 16.0 Å². The van der Waals surface area contributed by atoms with Crippen molar-refractivity contribution in [2.45, 2.75) is 0 Å². The highest BCUT2D eigenvalue weighted by molar-refractivity contribution is 7.98. The molecule has 82 valence electrons. The maximum absolute atomic E-state index is 11.3. The van der Waals surface area contributed by atoms with Crippen molar-refractivity contribution in [3.63, 3.8) is 0 Å². The highest BCUT2D eigenvalue weighted by Crippen LogP contribution is 2.17. The molecule has 0 aliphatic heterocycles. The second kappa shape index (κ2) is 6.31. The largest absolute Gasteiger partial charge is 0.492 e. The van der Waals surface area contributed by atoms with Crippen LogP contribution in [0.2, 0.25) is 0 Å². The molecular weight excluding hydrogens is 212 g/mol. The van der Waals surface area contributed by atoms with Crippen molar-refractivity contribution in [3.8, 4) is 5.75 Å². The fraction of sp³-hybridized carbons (Fsp3) is 0.300. The summed E-state index contributed by atoms with van der Waals surface area (Å²) in [7, 11) is 0. The van der Waals surface area contributed by atoms with Gasteiger partial charge in [-0.2, -0.15) is 11.8 Å². The van der Waals surface area contributed by atoms with E-state index in [4.69, 9.17) is 10.6 Å². The number of carbonyl (C=O) groups excluding carboxylic acids is 1. The summed E-state index contributed by atoms with van der Waals surface area (Å²) in [4.78, 5) is 11.3. The maximum atomic E-state index is 11.3. The van der Waals surface area contributed by atoms with Crippen molar-refractivity contribution in [3.05, 3.63) is 29.8 Å². The van der Waals surface area contributed by atoms with E-state index >= 15 is 0 Å². The van der Waals surface area contributed by atoms with E-state index in [0.29, 0.717) is 17.9 Å². The van der Waals surface area contributed by atoms with Gasteiger partial charge in [0.25, 0.3) is 5.91 Å². The standard InChI is InChI=1S/C10H14N2O2S/c1-15-7-6-14-9-5-3-2-4-8(9)10(13)12-11/h2-5H,6-7,11H2,1H3,(H,12,13). The van der Waals surface area contributed by atoms with E-state index in [0.717, 1.165) is 5.75 Å². The van der Waals surface area contributed by atoms with E-state index in [9.17, 15) is 4.79 Å². The molecule has 0 fully saturated rings. The van der Waals surface area contributed by atoms with Gasteiger partial charge in [0, 0.05) is 5.75 Å². The third kappa shape index (κ3) is 3.45. The summed E-state index contributed by atoms with van der Waals surface area (Å²) < 4.78 is 5.46. The van der Waals surface area contributed by atoms with E-state index in [-0.39, 0.29) is 5.91 Å². The normalized spacial score (nSPS) is 9.73. The Morgan fingerprint density at radius 3 is 2.93 bits per heavy atom. The van der Waals surface area contributed by atoms with E-state index < -0.39 is 0 Å². The molecular formula is C10H14N2O2S. The molecule has 0 spiro atoms. The molecule has 1 aromatic carbocycles. The second-order valence-corrected chi connectivity index (χ2v) is 3.80. The van der Waals surface area contributed by atoms with E-state index in [1.54, 1.807) is 30.0 Å². The summed E-state index contributed by atoms with van der Waals surface area (Å²) in [5.74, 6) is 6.18. The van der Waals surface area contributed by atoms with Crippen LogP contribution in [0.3, 0.4) is 0 Å². The summed E-state index contributed by atoms with van der Waals surface area (Å²) >= 11 is 1.69. The summed E-state index contributed by atoms with van der Waals surface area (Å²) in [5.41, 5.74) is 2.55. The molecule has 0 aromatic heterocycles. The summed E-state index contributed by atoms with van der Waals surface area (Å²) in [6.07, 6.45) is 2.00. The minimum atomic E-state index is -0.338. The van der Waals surface area contributed by atoms with Crippen LogP contribution in [0.5, 0.6) is 5.75 Å². The molecule has 1 amide bonds. The number of nitrogens with one attached hydrogen (secondary N) is 1. The first-order chi connectivity index (χ1) is 7.29. The maximum Gasteiger partial charge on any atom is 0.268 e. The molecule has 5 heteroatoms. The Bertz CT molecular complexity index is 331. The first-order valence-corrected chi connectivity index (χ1v) is 5.90. The van der Waals surface area contributed by atoms with E-state index in [1.807, 2.05) is 12.3 Å². The van der Waals surface area contributed by atoms with Crippen molar-refractivity contribution in [1.29, 1.82) is 0 Å². The lowest BCUT2D eigenvalue weighted by Gasteiger charge is -2.09. The third-order valence-electron chi connectivity index (χ3n) is 1.81. The first-order valence-electron chi connectivity index (χ1n) is 4.51. The van der Waals surface area contributed by atoms with Crippen molar-refractivity contribution in [2.75, 3.05) is 18.6 Å². The number of amides is 1. The molecule has 0 heterocycles. The van der Waals surface area contributed by atoms with E-state index in [2.05, 4.69) is 5.43 Å². The second-order valence-electron chi connectivity index (χ2n) is 2.81. The zero-order chi connectivity index (χ0) is 11.1. The van der Waals surface area contributed by atoms with Gasteiger partial charge in [-0.25, -0.2) is 5.84 Å². The molecule has 0 atom stereocenters.